The number of fused-ring (bicyclic) bond motifs is 1. The Morgan fingerprint density at radius 1 is 1.07 bits per heavy atom. The molecule has 1 fully saturated rings. The van der Waals surface area contributed by atoms with Crippen molar-refractivity contribution in [1.29, 1.82) is 0 Å². The van der Waals surface area contributed by atoms with Gasteiger partial charge in [-0.25, -0.2) is 4.98 Å². The van der Waals surface area contributed by atoms with E-state index < -0.39 is 0 Å². The summed E-state index contributed by atoms with van der Waals surface area (Å²) in [5.41, 5.74) is 6.18. The predicted molar refractivity (Wildman–Crippen MR) is 119 cm³/mol. The first-order chi connectivity index (χ1) is 14.0. The fourth-order valence-electron chi connectivity index (χ4n) is 4.16. The minimum Gasteiger partial charge on any atom is -0.339 e. The minimum atomic E-state index is 0.0637. The van der Waals surface area contributed by atoms with Crippen LogP contribution in [0, 0.1) is 13.8 Å². The number of amides is 1. The number of carbonyl (C=O) groups excluding carboxylic acids is 1. The molecule has 2 heterocycles. The lowest BCUT2D eigenvalue weighted by atomic mass is 9.94. The Bertz CT molecular complexity index is 1040. The molecule has 0 bridgehead atoms. The molecular formula is C25H29N3O. The number of benzene rings is 1. The van der Waals surface area contributed by atoms with Crippen LogP contribution in [0.3, 0.4) is 0 Å². The van der Waals surface area contributed by atoms with Crippen molar-refractivity contribution in [2.75, 3.05) is 7.05 Å². The molecule has 0 atom stereocenters. The van der Waals surface area contributed by atoms with Gasteiger partial charge in [0, 0.05) is 30.9 Å². The minimum absolute atomic E-state index is 0.0637. The first kappa shape index (κ1) is 19.4. The Morgan fingerprint density at radius 2 is 1.79 bits per heavy atom. The van der Waals surface area contributed by atoms with Crippen molar-refractivity contribution in [2.24, 2.45) is 0 Å². The Labute approximate surface area is 172 Å². The van der Waals surface area contributed by atoms with Gasteiger partial charge in [0.1, 0.15) is 5.65 Å². The van der Waals surface area contributed by atoms with Crippen molar-refractivity contribution in [3.63, 3.8) is 0 Å². The van der Waals surface area contributed by atoms with Crippen molar-refractivity contribution in [3.05, 3.63) is 65.5 Å². The van der Waals surface area contributed by atoms with Crippen LogP contribution in [0.5, 0.6) is 0 Å². The van der Waals surface area contributed by atoms with E-state index in [1.54, 1.807) is 6.08 Å². The summed E-state index contributed by atoms with van der Waals surface area (Å²) in [6, 6.07) is 12.9. The largest absolute Gasteiger partial charge is 0.339 e. The highest BCUT2D eigenvalue weighted by atomic mass is 16.2. The van der Waals surface area contributed by atoms with Crippen LogP contribution in [0.15, 0.2) is 48.7 Å². The number of pyridine rings is 1. The summed E-state index contributed by atoms with van der Waals surface area (Å²) in [6.45, 7) is 4.15. The van der Waals surface area contributed by atoms with E-state index in [1.807, 2.05) is 24.2 Å². The van der Waals surface area contributed by atoms with E-state index in [2.05, 4.69) is 54.6 Å². The van der Waals surface area contributed by atoms with E-state index in [0.717, 1.165) is 35.4 Å². The summed E-state index contributed by atoms with van der Waals surface area (Å²) < 4.78 is 2.06. The Morgan fingerprint density at radius 3 is 2.52 bits per heavy atom. The van der Waals surface area contributed by atoms with Crippen molar-refractivity contribution in [3.8, 4) is 11.3 Å². The molecule has 0 N–H and O–H groups in total. The molecule has 1 aromatic carbocycles. The Kier molecular flexibility index (Phi) is 5.52. The molecule has 0 unspecified atom stereocenters. The molecule has 2 aromatic heterocycles. The first-order valence-corrected chi connectivity index (χ1v) is 10.5. The maximum absolute atomic E-state index is 12.8. The first-order valence-electron chi connectivity index (χ1n) is 10.5. The third-order valence-electron chi connectivity index (χ3n) is 6.00. The van der Waals surface area contributed by atoms with Gasteiger partial charge >= 0.3 is 0 Å². The zero-order valence-corrected chi connectivity index (χ0v) is 17.6. The van der Waals surface area contributed by atoms with Crippen LogP contribution in [0.2, 0.25) is 0 Å². The van der Waals surface area contributed by atoms with Crippen molar-refractivity contribution in [2.45, 2.75) is 52.0 Å². The second-order valence-electron chi connectivity index (χ2n) is 8.22. The van der Waals surface area contributed by atoms with Crippen molar-refractivity contribution >= 4 is 17.6 Å². The Hall–Kier alpha value is -2.88. The maximum atomic E-state index is 12.8. The molecular weight excluding hydrogens is 358 g/mol. The summed E-state index contributed by atoms with van der Waals surface area (Å²) in [5, 5.41) is 0. The molecule has 0 spiro atoms. The summed E-state index contributed by atoms with van der Waals surface area (Å²) in [6.07, 6.45) is 11.6. The molecule has 1 aliphatic carbocycles. The van der Waals surface area contributed by atoms with Gasteiger partial charge in [-0.3, -0.25) is 9.20 Å². The van der Waals surface area contributed by atoms with Crippen LogP contribution < -0.4 is 0 Å². The lowest BCUT2D eigenvalue weighted by molar-refractivity contribution is -0.127. The van der Waals surface area contributed by atoms with Gasteiger partial charge in [0.05, 0.1) is 11.4 Å². The highest BCUT2D eigenvalue weighted by Crippen LogP contribution is 2.27. The third-order valence-corrected chi connectivity index (χ3v) is 6.00. The second kappa shape index (κ2) is 8.24. The van der Waals surface area contributed by atoms with Gasteiger partial charge in [0.25, 0.3) is 0 Å². The molecule has 1 aliphatic rings. The van der Waals surface area contributed by atoms with Crippen LogP contribution in [-0.4, -0.2) is 33.3 Å². The number of rotatable bonds is 4. The van der Waals surface area contributed by atoms with E-state index in [4.69, 9.17) is 4.98 Å². The molecule has 4 nitrogen and oxygen atoms in total. The average molecular weight is 388 g/mol. The standard InChI is InChI=1S/C25H29N3O/c1-18-9-11-20(12-10-18)25-22(28-16-15-19(2)17-23(28)26-25)13-14-24(29)27(3)21-7-5-4-6-8-21/h9-17,21H,4-8H2,1-3H3/b14-13+. The molecule has 1 saturated carbocycles. The van der Waals surface area contributed by atoms with Gasteiger partial charge in [0.2, 0.25) is 5.91 Å². The normalized spacial score (nSPS) is 15.3. The smallest absolute Gasteiger partial charge is 0.246 e. The molecule has 1 amide bonds. The SMILES string of the molecule is Cc1ccc(-c2nc3cc(C)ccn3c2/C=C/C(=O)N(C)C2CCCCC2)cc1. The lowest BCUT2D eigenvalue weighted by Crippen LogP contribution is -2.37. The topological polar surface area (TPSA) is 37.6 Å². The fraction of sp³-hybridized carbons (Fsp3) is 0.360. The number of likely N-dealkylation sites (N-methyl/N-ethyl adjacent to an activating group) is 1. The van der Waals surface area contributed by atoms with E-state index >= 15 is 0 Å². The summed E-state index contributed by atoms with van der Waals surface area (Å²) in [7, 11) is 1.93. The second-order valence-corrected chi connectivity index (χ2v) is 8.22. The number of aryl methyl sites for hydroxylation is 2. The van der Waals surface area contributed by atoms with E-state index in [-0.39, 0.29) is 5.91 Å². The van der Waals surface area contributed by atoms with Gasteiger partial charge in [-0.15, -0.1) is 0 Å². The maximum Gasteiger partial charge on any atom is 0.246 e. The van der Waals surface area contributed by atoms with Crippen LogP contribution >= 0.6 is 0 Å². The number of nitrogens with zero attached hydrogens (tertiary/aromatic N) is 3. The predicted octanol–water partition coefficient (Wildman–Crippen LogP) is 5.42. The van der Waals surface area contributed by atoms with Gasteiger partial charge in [-0.2, -0.15) is 0 Å². The molecule has 0 aliphatic heterocycles. The van der Waals surface area contributed by atoms with Gasteiger partial charge in [-0.05, 0) is 50.5 Å². The highest BCUT2D eigenvalue weighted by Gasteiger charge is 2.21. The molecule has 0 radical (unpaired) electrons. The third kappa shape index (κ3) is 4.12. The van der Waals surface area contributed by atoms with Gasteiger partial charge < -0.3 is 4.90 Å². The summed E-state index contributed by atoms with van der Waals surface area (Å²) in [4.78, 5) is 19.6. The monoisotopic (exact) mass is 387 g/mol. The number of hydrogen-bond donors (Lipinski definition) is 0. The highest BCUT2D eigenvalue weighted by molar-refractivity contribution is 5.93. The van der Waals surface area contributed by atoms with Crippen molar-refractivity contribution < 1.29 is 4.79 Å². The Balaban J connectivity index is 1.69. The van der Waals surface area contributed by atoms with E-state index in [9.17, 15) is 4.79 Å². The average Bonchev–Trinajstić information content (AvgIpc) is 3.10. The number of carbonyl (C=O) groups is 1. The van der Waals surface area contributed by atoms with Crippen molar-refractivity contribution in [1.82, 2.24) is 14.3 Å². The number of aromatic nitrogens is 2. The van der Waals surface area contributed by atoms with Gasteiger partial charge in [-0.1, -0.05) is 49.1 Å². The zero-order valence-electron chi connectivity index (χ0n) is 17.6. The summed E-state index contributed by atoms with van der Waals surface area (Å²) in [5.74, 6) is 0.0637. The lowest BCUT2D eigenvalue weighted by Gasteiger charge is -2.30. The van der Waals surface area contributed by atoms with Crippen LogP contribution in [-0.2, 0) is 4.79 Å². The van der Waals surface area contributed by atoms with Crippen LogP contribution in [0.1, 0.15) is 48.9 Å². The molecule has 4 rings (SSSR count). The number of hydrogen-bond acceptors (Lipinski definition) is 2. The van der Waals surface area contributed by atoms with E-state index in [1.165, 1.54) is 30.4 Å². The molecule has 3 aromatic rings. The molecule has 150 valence electrons. The summed E-state index contributed by atoms with van der Waals surface area (Å²) >= 11 is 0. The number of imidazole rings is 1. The van der Waals surface area contributed by atoms with E-state index in [0.29, 0.717) is 6.04 Å². The van der Waals surface area contributed by atoms with Gasteiger partial charge in [0.15, 0.2) is 0 Å². The van der Waals surface area contributed by atoms with Crippen LogP contribution in [0.25, 0.3) is 23.0 Å². The molecule has 4 heteroatoms. The fourth-order valence-corrected chi connectivity index (χ4v) is 4.16. The molecule has 0 saturated heterocycles. The van der Waals surface area contributed by atoms with Crippen LogP contribution in [0.4, 0.5) is 0 Å². The molecule has 29 heavy (non-hydrogen) atoms. The zero-order chi connectivity index (χ0) is 20.4. The quantitative estimate of drug-likeness (QED) is 0.560.